The van der Waals surface area contributed by atoms with Crippen LogP contribution in [0.25, 0.3) is 0 Å². The van der Waals surface area contributed by atoms with E-state index in [0.717, 1.165) is 12.2 Å². The molecule has 0 heterocycles. The van der Waals surface area contributed by atoms with Crippen LogP contribution in [0.15, 0.2) is 48.5 Å². The Labute approximate surface area is 153 Å². The Balaban J connectivity index is 2.12. The maximum absolute atomic E-state index is 12.5. The number of nitrogens with two attached hydrogens (primary N) is 1. The minimum absolute atomic E-state index is 0.277. The summed E-state index contributed by atoms with van der Waals surface area (Å²) in [6.45, 7) is 7.03. The lowest BCUT2D eigenvalue weighted by atomic mass is 10.1. The summed E-state index contributed by atoms with van der Waals surface area (Å²) in [4.78, 5) is 25.7. The van der Waals surface area contributed by atoms with Crippen LogP contribution in [0.4, 0.5) is 11.4 Å². The van der Waals surface area contributed by atoms with Crippen LogP contribution in [0.3, 0.4) is 0 Å². The quantitative estimate of drug-likeness (QED) is 0.762. The highest BCUT2D eigenvalue weighted by molar-refractivity contribution is 6.06. The first-order chi connectivity index (χ1) is 12.4. The Morgan fingerprint density at radius 2 is 1.77 bits per heavy atom. The summed E-state index contributed by atoms with van der Waals surface area (Å²) in [6, 6.07) is 14.8. The van der Waals surface area contributed by atoms with Crippen molar-refractivity contribution in [2.45, 2.75) is 26.8 Å². The van der Waals surface area contributed by atoms with Crippen LogP contribution in [0.1, 0.15) is 31.1 Å². The summed E-state index contributed by atoms with van der Waals surface area (Å²) in [7, 11) is 0. The minimum atomic E-state index is -0.596. The number of para-hydroxylation sites is 1. The number of nitrogens with zero attached hydrogens (tertiary/aromatic N) is 1. The van der Waals surface area contributed by atoms with Crippen molar-refractivity contribution in [3.8, 4) is 5.75 Å². The molecule has 0 radical (unpaired) electrons. The fourth-order valence-electron chi connectivity index (χ4n) is 2.71. The molecule has 0 fully saturated rings. The fraction of sp³-hybridized carbons (Fsp3) is 0.300. The van der Waals surface area contributed by atoms with Gasteiger partial charge in [-0.05, 0) is 57.2 Å². The normalized spacial score (nSPS) is 10.5. The van der Waals surface area contributed by atoms with Crippen molar-refractivity contribution in [3.05, 3.63) is 54.1 Å². The van der Waals surface area contributed by atoms with Gasteiger partial charge in [0, 0.05) is 24.0 Å². The lowest BCUT2D eigenvalue weighted by Gasteiger charge is -2.27. The van der Waals surface area contributed by atoms with Crippen molar-refractivity contribution < 1.29 is 14.3 Å². The highest BCUT2D eigenvalue weighted by Crippen LogP contribution is 2.22. The van der Waals surface area contributed by atoms with Gasteiger partial charge in [0.25, 0.3) is 11.8 Å². The van der Waals surface area contributed by atoms with Gasteiger partial charge in [-0.25, -0.2) is 0 Å². The molecular formula is C20H25N3O3. The maximum atomic E-state index is 12.5. The van der Waals surface area contributed by atoms with Gasteiger partial charge in [0.1, 0.15) is 5.75 Å². The zero-order valence-electron chi connectivity index (χ0n) is 15.4. The molecule has 0 bridgehead atoms. The van der Waals surface area contributed by atoms with Gasteiger partial charge in [0.2, 0.25) is 0 Å². The van der Waals surface area contributed by atoms with Crippen LogP contribution < -0.4 is 20.7 Å². The van der Waals surface area contributed by atoms with Crippen LogP contribution >= 0.6 is 0 Å². The third kappa shape index (κ3) is 4.99. The third-order valence-corrected chi connectivity index (χ3v) is 3.92. The summed E-state index contributed by atoms with van der Waals surface area (Å²) < 4.78 is 5.31. The van der Waals surface area contributed by atoms with E-state index in [0.29, 0.717) is 23.0 Å². The van der Waals surface area contributed by atoms with E-state index in [1.807, 2.05) is 24.3 Å². The van der Waals surface area contributed by atoms with Gasteiger partial charge in [0.15, 0.2) is 6.61 Å². The fourth-order valence-corrected chi connectivity index (χ4v) is 2.71. The Morgan fingerprint density at radius 3 is 2.35 bits per heavy atom. The molecule has 6 heteroatoms. The van der Waals surface area contributed by atoms with Crippen LogP contribution in [-0.4, -0.2) is 31.0 Å². The minimum Gasteiger partial charge on any atom is -0.483 e. The van der Waals surface area contributed by atoms with Crippen LogP contribution in [0.5, 0.6) is 5.75 Å². The molecule has 6 nitrogen and oxygen atoms in total. The standard InChI is InChI=1S/C20H25N3O3/c1-4-23(14(2)3)16-11-9-15(10-12-16)22-20(25)17-7-5-6-8-18(17)26-13-19(21)24/h5-12,14H,4,13H2,1-3H3,(H2,21,24)(H,22,25). The number of benzene rings is 2. The number of carbonyl (C=O) groups is 2. The molecular weight excluding hydrogens is 330 g/mol. The zero-order valence-corrected chi connectivity index (χ0v) is 15.4. The van der Waals surface area contributed by atoms with E-state index < -0.39 is 5.91 Å². The second-order valence-corrected chi connectivity index (χ2v) is 6.13. The van der Waals surface area contributed by atoms with Crippen LogP contribution in [0, 0.1) is 0 Å². The summed E-state index contributed by atoms with van der Waals surface area (Å²) >= 11 is 0. The smallest absolute Gasteiger partial charge is 0.259 e. The SMILES string of the molecule is CCN(c1ccc(NC(=O)c2ccccc2OCC(N)=O)cc1)C(C)C. The second-order valence-electron chi connectivity index (χ2n) is 6.13. The van der Waals surface area contributed by atoms with Gasteiger partial charge >= 0.3 is 0 Å². The van der Waals surface area contributed by atoms with Crippen molar-refractivity contribution in [1.29, 1.82) is 0 Å². The van der Waals surface area contributed by atoms with Gasteiger partial charge in [0.05, 0.1) is 5.56 Å². The maximum Gasteiger partial charge on any atom is 0.259 e. The van der Waals surface area contributed by atoms with Crippen molar-refractivity contribution in [2.24, 2.45) is 5.73 Å². The summed E-state index contributed by atoms with van der Waals surface area (Å²) in [5, 5.41) is 2.85. The summed E-state index contributed by atoms with van der Waals surface area (Å²) in [5.41, 5.74) is 7.22. The number of rotatable bonds is 8. The van der Waals surface area contributed by atoms with Gasteiger partial charge in [-0.2, -0.15) is 0 Å². The van der Waals surface area contributed by atoms with Crippen LogP contribution in [0.2, 0.25) is 0 Å². The number of hydrogen-bond donors (Lipinski definition) is 2. The van der Waals surface area contributed by atoms with E-state index in [4.69, 9.17) is 10.5 Å². The molecule has 0 aliphatic heterocycles. The predicted octanol–water partition coefficient (Wildman–Crippen LogP) is 3.04. The van der Waals surface area contributed by atoms with Crippen molar-refractivity contribution in [3.63, 3.8) is 0 Å². The van der Waals surface area contributed by atoms with E-state index in [2.05, 4.69) is 31.0 Å². The van der Waals surface area contributed by atoms with Crippen molar-refractivity contribution in [2.75, 3.05) is 23.4 Å². The number of primary amides is 1. The number of carbonyl (C=O) groups excluding carboxylic acids is 2. The Hall–Kier alpha value is -3.02. The predicted molar refractivity (Wildman–Crippen MR) is 104 cm³/mol. The van der Waals surface area contributed by atoms with E-state index >= 15 is 0 Å². The highest BCUT2D eigenvalue weighted by Gasteiger charge is 2.14. The lowest BCUT2D eigenvalue weighted by molar-refractivity contribution is -0.119. The Kier molecular flexibility index (Phi) is 6.60. The highest BCUT2D eigenvalue weighted by atomic mass is 16.5. The number of amides is 2. The molecule has 0 saturated carbocycles. The summed E-state index contributed by atoms with van der Waals surface area (Å²) in [5.74, 6) is -0.590. The monoisotopic (exact) mass is 355 g/mol. The van der Waals surface area contributed by atoms with Gasteiger partial charge in [-0.3, -0.25) is 9.59 Å². The molecule has 2 aromatic rings. The largest absolute Gasteiger partial charge is 0.483 e. The summed E-state index contributed by atoms with van der Waals surface area (Å²) in [6.07, 6.45) is 0. The van der Waals surface area contributed by atoms with Crippen molar-refractivity contribution in [1.82, 2.24) is 0 Å². The van der Waals surface area contributed by atoms with Gasteiger partial charge in [-0.1, -0.05) is 12.1 Å². The zero-order chi connectivity index (χ0) is 19.1. The molecule has 2 rings (SSSR count). The lowest BCUT2D eigenvalue weighted by Crippen LogP contribution is -2.30. The van der Waals surface area contributed by atoms with E-state index in [-0.39, 0.29) is 12.5 Å². The first-order valence-corrected chi connectivity index (χ1v) is 8.60. The average molecular weight is 355 g/mol. The number of hydrogen-bond acceptors (Lipinski definition) is 4. The van der Waals surface area contributed by atoms with E-state index in [1.54, 1.807) is 24.3 Å². The number of nitrogens with one attached hydrogen (secondary N) is 1. The van der Waals surface area contributed by atoms with E-state index in [1.165, 1.54) is 0 Å². The molecule has 3 N–H and O–H groups in total. The molecule has 0 aromatic heterocycles. The first-order valence-electron chi connectivity index (χ1n) is 8.60. The number of anilines is 2. The van der Waals surface area contributed by atoms with Gasteiger partial charge < -0.3 is 20.7 Å². The average Bonchev–Trinajstić information content (AvgIpc) is 2.62. The molecule has 0 aliphatic carbocycles. The second kappa shape index (κ2) is 8.89. The number of ether oxygens (including phenoxy) is 1. The molecule has 0 aliphatic rings. The Bertz CT molecular complexity index is 757. The molecule has 2 aromatic carbocycles. The van der Waals surface area contributed by atoms with Gasteiger partial charge in [-0.15, -0.1) is 0 Å². The first kappa shape index (κ1) is 19.3. The molecule has 0 unspecified atom stereocenters. The molecule has 138 valence electrons. The van der Waals surface area contributed by atoms with Crippen LogP contribution in [-0.2, 0) is 4.79 Å². The van der Waals surface area contributed by atoms with E-state index in [9.17, 15) is 9.59 Å². The third-order valence-electron chi connectivity index (χ3n) is 3.92. The molecule has 0 saturated heterocycles. The van der Waals surface area contributed by atoms with Crippen molar-refractivity contribution >= 4 is 23.2 Å². The Morgan fingerprint density at radius 1 is 1.12 bits per heavy atom. The molecule has 26 heavy (non-hydrogen) atoms. The molecule has 0 spiro atoms. The topological polar surface area (TPSA) is 84.7 Å². The molecule has 2 amide bonds. The molecule has 0 atom stereocenters.